The van der Waals surface area contributed by atoms with Crippen LogP contribution in [0.1, 0.15) is 41.9 Å². The first-order valence-electron chi connectivity index (χ1n) is 7.45. The Labute approximate surface area is 143 Å². The van der Waals surface area contributed by atoms with Gasteiger partial charge in [0.05, 0.1) is 6.04 Å². The van der Waals surface area contributed by atoms with Crippen molar-refractivity contribution >= 4 is 27.8 Å². The molecule has 2 rings (SSSR count). The number of halogens is 1. The Morgan fingerprint density at radius 1 is 1.30 bits per heavy atom. The van der Waals surface area contributed by atoms with Crippen molar-refractivity contribution in [2.75, 3.05) is 6.61 Å². The molecule has 1 unspecified atom stereocenters. The Hall–Kier alpha value is -2.08. The zero-order valence-corrected chi connectivity index (χ0v) is 14.4. The first-order chi connectivity index (χ1) is 11.1. The smallest absolute Gasteiger partial charge is 0.355 e. The molecule has 23 heavy (non-hydrogen) atoms. The van der Waals surface area contributed by atoms with E-state index >= 15 is 0 Å². The third kappa shape index (κ3) is 5.25. The standard InChI is InChI=1S/C17H19BrN2O3/c1-2-6-14(12-7-4-3-5-8-12)20-16(21)11-23-17(22)15-9-13(18)10-19-15/h3-5,7-10,14,19H,2,6,11H2,1H3,(H,20,21). The average Bonchev–Trinajstić information content (AvgIpc) is 2.99. The summed E-state index contributed by atoms with van der Waals surface area (Å²) < 4.78 is 5.77. The van der Waals surface area contributed by atoms with E-state index in [0.717, 1.165) is 22.9 Å². The number of carbonyl (C=O) groups is 2. The number of esters is 1. The number of H-pyrrole nitrogens is 1. The van der Waals surface area contributed by atoms with Gasteiger partial charge in [-0.05, 0) is 34.0 Å². The summed E-state index contributed by atoms with van der Waals surface area (Å²) in [7, 11) is 0. The maximum Gasteiger partial charge on any atom is 0.355 e. The van der Waals surface area contributed by atoms with Crippen LogP contribution in [0.2, 0.25) is 0 Å². The van der Waals surface area contributed by atoms with Crippen LogP contribution in [-0.4, -0.2) is 23.5 Å². The van der Waals surface area contributed by atoms with Crippen molar-refractivity contribution in [3.05, 3.63) is 58.3 Å². The first kappa shape index (κ1) is 17.3. The molecule has 2 N–H and O–H groups in total. The summed E-state index contributed by atoms with van der Waals surface area (Å²) in [6.07, 6.45) is 3.40. The summed E-state index contributed by atoms with van der Waals surface area (Å²) in [5, 5.41) is 2.91. The van der Waals surface area contributed by atoms with E-state index in [4.69, 9.17) is 4.74 Å². The molecule has 0 spiro atoms. The molecule has 0 fully saturated rings. The lowest BCUT2D eigenvalue weighted by Crippen LogP contribution is -2.32. The molecule has 0 saturated carbocycles. The molecule has 6 heteroatoms. The number of hydrogen-bond acceptors (Lipinski definition) is 3. The van der Waals surface area contributed by atoms with Gasteiger partial charge >= 0.3 is 5.97 Å². The van der Waals surface area contributed by atoms with Gasteiger partial charge in [0.2, 0.25) is 0 Å². The maximum atomic E-state index is 12.0. The van der Waals surface area contributed by atoms with E-state index in [1.54, 1.807) is 12.3 Å². The SMILES string of the molecule is CCCC(NC(=O)COC(=O)c1cc(Br)c[nH]1)c1ccccc1. The van der Waals surface area contributed by atoms with Crippen LogP contribution >= 0.6 is 15.9 Å². The van der Waals surface area contributed by atoms with E-state index in [0.29, 0.717) is 5.69 Å². The lowest BCUT2D eigenvalue weighted by Gasteiger charge is -2.18. The van der Waals surface area contributed by atoms with Crippen molar-refractivity contribution in [2.45, 2.75) is 25.8 Å². The Morgan fingerprint density at radius 3 is 2.65 bits per heavy atom. The predicted molar refractivity (Wildman–Crippen MR) is 91.0 cm³/mol. The second-order valence-corrected chi connectivity index (χ2v) is 6.04. The molecule has 0 saturated heterocycles. The van der Waals surface area contributed by atoms with Gasteiger partial charge in [0, 0.05) is 10.7 Å². The number of carbonyl (C=O) groups excluding carboxylic acids is 2. The van der Waals surface area contributed by atoms with Gasteiger partial charge in [0.15, 0.2) is 6.61 Å². The Bertz CT molecular complexity index is 655. The predicted octanol–water partition coefficient (Wildman–Crippen LogP) is 3.59. The number of ether oxygens (including phenoxy) is 1. The van der Waals surface area contributed by atoms with Gasteiger partial charge in [-0.3, -0.25) is 4.79 Å². The molecule has 1 aromatic carbocycles. The Morgan fingerprint density at radius 2 is 2.04 bits per heavy atom. The fourth-order valence-electron chi connectivity index (χ4n) is 2.23. The molecule has 1 atom stereocenters. The number of benzene rings is 1. The number of aromatic nitrogens is 1. The molecule has 122 valence electrons. The highest BCUT2D eigenvalue weighted by molar-refractivity contribution is 9.10. The molecule has 0 bridgehead atoms. The minimum atomic E-state index is -0.558. The van der Waals surface area contributed by atoms with Crippen LogP contribution < -0.4 is 5.32 Å². The van der Waals surface area contributed by atoms with Gasteiger partial charge < -0.3 is 15.0 Å². The quantitative estimate of drug-likeness (QED) is 0.723. The zero-order valence-electron chi connectivity index (χ0n) is 12.8. The van der Waals surface area contributed by atoms with E-state index in [-0.39, 0.29) is 18.6 Å². The fourth-order valence-corrected chi connectivity index (χ4v) is 2.57. The van der Waals surface area contributed by atoms with E-state index in [1.165, 1.54) is 0 Å². The molecular formula is C17H19BrN2O3. The van der Waals surface area contributed by atoms with E-state index in [1.807, 2.05) is 30.3 Å². The molecular weight excluding hydrogens is 360 g/mol. The summed E-state index contributed by atoms with van der Waals surface area (Å²) >= 11 is 3.24. The van der Waals surface area contributed by atoms with Gasteiger partial charge in [0.25, 0.3) is 5.91 Å². The third-order valence-electron chi connectivity index (χ3n) is 3.32. The molecule has 0 aliphatic rings. The second kappa shape index (κ2) is 8.53. The maximum absolute atomic E-state index is 12.0. The second-order valence-electron chi connectivity index (χ2n) is 5.13. The molecule has 0 radical (unpaired) electrons. The molecule has 0 aliphatic carbocycles. The molecule has 5 nitrogen and oxygen atoms in total. The van der Waals surface area contributed by atoms with Crippen LogP contribution in [0, 0.1) is 0 Å². The number of nitrogens with one attached hydrogen (secondary N) is 2. The van der Waals surface area contributed by atoms with Crippen LogP contribution in [0.3, 0.4) is 0 Å². The van der Waals surface area contributed by atoms with Gasteiger partial charge in [-0.1, -0.05) is 43.7 Å². The number of aromatic amines is 1. The van der Waals surface area contributed by atoms with Crippen molar-refractivity contribution in [2.24, 2.45) is 0 Å². The lowest BCUT2D eigenvalue weighted by atomic mass is 10.0. The van der Waals surface area contributed by atoms with Crippen LogP contribution in [0.4, 0.5) is 0 Å². The van der Waals surface area contributed by atoms with Crippen molar-refractivity contribution in [1.82, 2.24) is 10.3 Å². The number of rotatable bonds is 7. The third-order valence-corrected chi connectivity index (χ3v) is 3.77. The van der Waals surface area contributed by atoms with Crippen LogP contribution in [0.25, 0.3) is 0 Å². The van der Waals surface area contributed by atoms with Gasteiger partial charge in [0.1, 0.15) is 5.69 Å². The summed E-state index contributed by atoms with van der Waals surface area (Å²) in [6, 6.07) is 11.3. The van der Waals surface area contributed by atoms with Crippen molar-refractivity contribution in [3.63, 3.8) is 0 Å². The van der Waals surface area contributed by atoms with Crippen molar-refractivity contribution < 1.29 is 14.3 Å². The van der Waals surface area contributed by atoms with Gasteiger partial charge in [-0.15, -0.1) is 0 Å². The minimum Gasteiger partial charge on any atom is -0.451 e. The number of hydrogen-bond donors (Lipinski definition) is 2. The highest BCUT2D eigenvalue weighted by Crippen LogP contribution is 2.18. The van der Waals surface area contributed by atoms with Gasteiger partial charge in [-0.25, -0.2) is 4.79 Å². The molecule has 1 aromatic heterocycles. The molecule has 1 amide bonds. The van der Waals surface area contributed by atoms with E-state index in [2.05, 4.69) is 33.2 Å². The van der Waals surface area contributed by atoms with E-state index < -0.39 is 5.97 Å². The summed E-state index contributed by atoms with van der Waals surface area (Å²) in [5.41, 5.74) is 1.35. The molecule has 0 aliphatic heterocycles. The van der Waals surface area contributed by atoms with Crippen LogP contribution in [0.15, 0.2) is 47.1 Å². The lowest BCUT2D eigenvalue weighted by molar-refractivity contribution is -0.125. The first-order valence-corrected chi connectivity index (χ1v) is 8.24. The summed E-state index contributed by atoms with van der Waals surface area (Å²) in [4.78, 5) is 26.6. The monoisotopic (exact) mass is 378 g/mol. The topological polar surface area (TPSA) is 71.2 Å². The summed E-state index contributed by atoms with van der Waals surface area (Å²) in [6.45, 7) is 1.76. The molecule has 1 heterocycles. The highest BCUT2D eigenvalue weighted by Gasteiger charge is 2.16. The Kier molecular flexibility index (Phi) is 6.40. The van der Waals surface area contributed by atoms with Crippen LogP contribution in [-0.2, 0) is 9.53 Å². The van der Waals surface area contributed by atoms with Gasteiger partial charge in [-0.2, -0.15) is 0 Å². The Balaban J connectivity index is 1.88. The average molecular weight is 379 g/mol. The number of amides is 1. The highest BCUT2D eigenvalue weighted by atomic mass is 79.9. The normalized spacial score (nSPS) is 11.7. The minimum absolute atomic E-state index is 0.0768. The largest absolute Gasteiger partial charge is 0.451 e. The van der Waals surface area contributed by atoms with Crippen molar-refractivity contribution in [1.29, 1.82) is 0 Å². The summed E-state index contributed by atoms with van der Waals surface area (Å²) in [5.74, 6) is -0.871. The van der Waals surface area contributed by atoms with Crippen molar-refractivity contribution in [3.8, 4) is 0 Å². The zero-order chi connectivity index (χ0) is 16.7. The van der Waals surface area contributed by atoms with E-state index in [9.17, 15) is 9.59 Å². The van der Waals surface area contributed by atoms with Crippen LogP contribution in [0.5, 0.6) is 0 Å². The molecule has 2 aromatic rings. The fraction of sp³-hybridized carbons (Fsp3) is 0.294.